The SMILES string of the molecule is CCCCNC(=O)C(CC)N(Cc1c(Cl)cccc1Cl)C(=O)CN(c1cccc(OC)c1)S(C)(=O)=O. The Morgan fingerprint density at radius 3 is 2.28 bits per heavy atom. The molecule has 0 fully saturated rings. The molecule has 0 aliphatic heterocycles. The fourth-order valence-electron chi connectivity index (χ4n) is 3.66. The Labute approximate surface area is 223 Å². The highest BCUT2D eigenvalue weighted by Gasteiger charge is 2.32. The molecule has 0 bridgehead atoms. The van der Waals surface area contributed by atoms with Gasteiger partial charge in [-0.25, -0.2) is 8.42 Å². The van der Waals surface area contributed by atoms with E-state index in [1.807, 2.05) is 6.92 Å². The normalized spacial score (nSPS) is 12.1. The molecule has 0 aliphatic carbocycles. The predicted octanol–water partition coefficient (Wildman–Crippen LogP) is 4.49. The molecular formula is C25H33Cl2N3O5S. The van der Waals surface area contributed by atoms with E-state index in [0.29, 0.717) is 34.3 Å². The minimum atomic E-state index is -3.85. The number of nitrogens with zero attached hydrogens (tertiary/aromatic N) is 2. The van der Waals surface area contributed by atoms with E-state index in [2.05, 4.69) is 5.32 Å². The van der Waals surface area contributed by atoms with Crippen molar-refractivity contribution in [2.75, 3.05) is 30.8 Å². The number of carbonyl (C=O) groups is 2. The van der Waals surface area contributed by atoms with Gasteiger partial charge >= 0.3 is 0 Å². The van der Waals surface area contributed by atoms with Gasteiger partial charge in [0.15, 0.2) is 0 Å². The number of hydrogen-bond acceptors (Lipinski definition) is 5. The van der Waals surface area contributed by atoms with Gasteiger partial charge in [0.25, 0.3) is 0 Å². The number of benzene rings is 2. The maximum Gasteiger partial charge on any atom is 0.244 e. The maximum atomic E-state index is 13.7. The number of ether oxygens (including phenoxy) is 1. The van der Waals surface area contributed by atoms with Crippen molar-refractivity contribution in [3.05, 3.63) is 58.1 Å². The first-order valence-corrected chi connectivity index (χ1v) is 14.3. The van der Waals surface area contributed by atoms with E-state index >= 15 is 0 Å². The zero-order chi connectivity index (χ0) is 26.9. The summed E-state index contributed by atoms with van der Waals surface area (Å²) in [6.45, 7) is 3.69. The third-order valence-electron chi connectivity index (χ3n) is 5.63. The lowest BCUT2D eigenvalue weighted by atomic mass is 10.1. The van der Waals surface area contributed by atoms with E-state index in [1.54, 1.807) is 43.3 Å². The van der Waals surface area contributed by atoms with Crippen LogP contribution in [0, 0.1) is 0 Å². The molecule has 11 heteroatoms. The Bertz CT molecular complexity index is 1140. The van der Waals surface area contributed by atoms with E-state index in [-0.39, 0.29) is 18.1 Å². The number of unbranched alkanes of at least 4 members (excludes halogenated alkanes) is 1. The Morgan fingerprint density at radius 2 is 1.72 bits per heavy atom. The third kappa shape index (κ3) is 8.01. The largest absolute Gasteiger partial charge is 0.497 e. The summed E-state index contributed by atoms with van der Waals surface area (Å²) in [7, 11) is -2.39. The highest BCUT2D eigenvalue weighted by Crippen LogP contribution is 2.28. The monoisotopic (exact) mass is 557 g/mol. The molecule has 8 nitrogen and oxygen atoms in total. The van der Waals surface area contributed by atoms with Crippen LogP contribution in [0.3, 0.4) is 0 Å². The summed E-state index contributed by atoms with van der Waals surface area (Å²) in [5, 5.41) is 3.55. The van der Waals surface area contributed by atoms with Crippen molar-refractivity contribution in [1.82, 2.24) is 10.2 Å². The first kappa shape index (κ1) is 29.7. The van der Waals surface area contributed by atoms with Gasteiger partial charge in [0, 0.05) is 34.8 Å². The van der Waals surface area contributed by atoms with Gasteiger partial charge in [-0.15, -0.1) is 0 Å². The van der Waals surface area contributed by atoms with Crippen molar-refractivity contribution in [3.8, 4) is 5.75 Å². The van der Waals surface area contributed by atoms with Crippen LogP contribution in [-0.4, -0.2) is 57.6 Å². The lowest BCUT2D eigenvalue weighted by molar-refractivity contribution is -0.140. The minimum Gasteiger partial charge on any atom is -0.497 e. The highest BCUT2D eigenvalue weighted by atomic mass is 35.5. The van der Waals surface area contributed by atoms with Crippen LogP contribution < -0.4 is 14.4 Å². The molecule has 0 heterocycles. The molecule has 0 saturated carbocycles. The number of sulfonamides is 1. The maximum absolute atomic E-state index is 13.7. The van der Waals surface area contributed by atoms with E-state index in [1.165, 1.54) is 18.1 Å². The Kier molecular flexibility index (Phi) is 11.3. The van der Waals surface area contributed by atoms with E-state index in [4.69, 9.17) is 27.9 Å². The number of nitrogens with one attached hydrogen (secondary N) is 1. The molecule has 2 aromatic rings. The quantitative estimate of drug-likeness (QED) is 0.366. The summed E-state index contributed by atoms with van der Waals surface area (Å²) in [4.78, 5) is 28.1. The van der Waals surface area contributed by atoms with Crippen LogP contribution in [0.2, 0.25) is 10.0 Å². The Balaban J connectivity index is 2.47. The van der Waals surface area contributed by atoms with Crippen molar-refractivity contribution >= 4 is 50.7 Å². The molecule has 2 rings (SSSR count). The Morgan fingerprint density at radius 1 is 1.08 bits per heavy atom. The zero-order valence-electron chi connectivity index (χ0n) is 21.0. The van der Waals surface area contributed by atoms with Crippen LogP contribution in [0.15, 0.2) is 42.5 Å². The Hall–Kier alpha value is -2.49. The fourth-order valence-corrected chi connectivity index (χ4v) is 5.02. The molecule has 0 aliphatic rings. The predicted molar refractivity (Wildman–Crippen MR) is 144 cm³/mol. The van der Waals surface area contributed by atoms with Gasteiger partial charge in [-0.1, -0.05) is 55.6 Å². The van der Waals surface area contributed by atoms with Crippen molar-refractivity contribution < 1.29 is 22.7 Å². The number of halogens is 2. The molecule has 1 atom stereocenters. The van der Waals surface area contributed by atoms with E-state index in [9.17, 15) is 18.0 Å². The van der Waals surface area contributed by atoms with Crippen LogP contribution in [0.1, 0.15) is 38.7 Å². The van der Waals surface area contributed by atoms with Crippen molar-refractivity contribution in [1.29, 1.82) is 0 Å². The van der Waals surface area contributed by atoms with Crippen molar-refractivity contribution in [2.45, 2.75) is 45.7 Å². The zero-order valence-corrected chi connectivity index (χ0v) is 23.3. The summed E-state index contributed by atoms with van der Waals surface area (Å²) < 4.78 is 31.6. The second-order valence-electron chi connectivity index (χ2n) is 8.26. The second kappa shape index (κ2) is 13.7. The molecule has 2 aromatic carbocycles. The fraction of sp³-hybridized carbons (Fsp3) is 0.440. The third-order valence-corrected chi connectivity index (χ3v) is 7.47. The molecule has 0 spiro atoms. The van der Waals surface area contributed by atoms with Gasteiger partial charge in [0.2, 0.25) is 21.8 Å². The highest BCUT2D eigenvalue weighted by molar-refractivity contribution is 7.92. The smallest absolute Gasteiger partial charge is 0.244 e. The number of anilines is 1. The van der Waals surface area contributed by atoms with Crippen LogP contribution >= 0.6 is 23.2 Å². The molecular weight excluding hydrogens is 525 g/mol. The molecule has 1 N–H and O–H groups in total. The molecule has 2 amide bonds. The van der Waals surface area contributed by atoms with Gasteiger partial charge < -0.3 is 15.0 Å². The van der Waals surface area contributed by atoms with E-state index < -0.39 is 28.5 Å². The summed E-state index contributed by atoms with van der Waals surface area (Å²) in [5.41, 5.74) is 0.739. The standard InChI is InChI=1S/C25H33Cl2N3O5S/c1-5-7-14-28-25(32)23(6-2)29(16-20-21(26)12-9-13-22(20)27)24(31)17-30(36(4,33)34)18-10-8-11-19(15-18)35-3/h8-13,15,23H,5-7,14,16-17H2,1-4H3,(H,28,32). The molecule has 198 valence electrons. The molecule has 0 radical (unpaired) electrons. The number of amides is 2. The lowest BCUT2D eigenvalue weighted by Crippen LogP contribution is -2.52. The van der Waals surface area contributed by atoms with Crippen LogP contribution in [0.5, 0.6) is 5.75 Å². The number of methoxy groups -OCH3 is 1. The van der Waals surface area contributed by atoms with E-state index in [0.717, 1.165) is 23.4 Å². The average molecular weight is 559 g/mol. The number of rotatable bonds is 13. The lowest BCUT2D eigenvalue weighted by Gasteiger charge is -2.33. The summed E-state index contributed by atoms with van der Waals surface area (Å²) in [6, 6.07) is 10.5. The number of hydrogen-bond donors (Lipinski definition) is 1. The van der Waals surface area contributed by atoms with Gasteiger partial charge in [0.05, 0.1) is 19.1 Å². The van der Waals surface area contributed by atoms with Gasteiger partial charge in [-0.2, -0.15) is 0 Å². The van der Waals surface area contributed by atoms with Gasteiger partial charge in [-0.05, 0) is 37.1 Å². The van der Waals surface area contributed by atoms with Gasteiger partial charge in [-0.3, -0.25) is 13.9 Å². The number of carbonyl (C=O) groups excluding carboxylic acids is 2. The summed E-state index contributed by atoms with van der Waals surface area (Å²) in [6.07, 6.45) is 3.02. The van der Waals surface area contributed by atoms with Crippen molar-refractivity contribution in [2.24, 2.45) is 0 Å². The second-order valence-corrected chi connectivity index (χ2v) is 11.0. The van der Waals surface area contributed by atoms with Crippen LogP contribution in [0.4, 0.5) is 5.69 Å². The van der Waals surface area contributed by atoms with Crippen LogP contribution in [0.25, 0.3) is 0 Å². The molecule has 36 heavy (non-hydrogen) atoms. The average Bonchev–Trinajstić information content (AvgIpc) is 2.83. The molecule has 1 unspecified atom stereocenters. The van der Waals surface area contributed by atoms with Crippen molar-refractivity contribution in [3.63, 3.8) is 0 Å². The molecule has 0 saturated heterocycles. The van der Waals surface area contributed by atoms with Gasteiger partial charge in [0.1, 0.15) is 18.3 Å². The first-order chi connectivity index (χ1) is 17.0. The minimum absolute atomic E-state index is 0.0627. The van der Waals surface area contributed by atoms with Crippen LogP contribution in [-0.2, 0) is 26.2 Å². The molecule has 0 aromatic heterocycles. The summed E-state index contributed by atoms with van der Waals surface area (Å²) >= 11 is 12.7. The first-order valence-electron chi connectivity index (χ1n) is 11.6. The summed E-state index contributed by atoms with van der Waals surface area (Å²) in [5.74, 6) is -0.457. The topological polar surface area (TPSA) is 96.0 Å².